The Morgan fingerprint density at radius 2 is 2.00 bits per heavy atom. The van der Waals surface area contributed by atoms with Crippen LogP contribution in [0.2, 0.25) is 10.2 Å². The van der Waals surface area contributed by atoms with Crippen molar-refractivity contribution in [1.29, 1.82) is 0 Å². The van der Waals surface area contributed by atoms with Gasteiger partial charge in [-0.15, -0.1) is 0 Å². The monoisotopic (exact) mass is 293 g/mol. The summed E-state index contributed by atoms with van der Waals surface area (Å²) < 4.78 is 1.61. The first kappa shape index (κ1) is 12.3. The van der Waals surface area contributed by atoms with E-state index in [0.717, 1.165) is 16.6 Å². The first-order valence-corrected chi connectivity index (χ1v) is 6.31. The van der Waals surface area contributed by atoms with Crippen molar-refractivity contribution in [2.24, 2.45) is 0 Å². The highest BCUT2D eigenvalue weighted by molar-refractivity contribution is 6.31. The van der Waals surface area contributed by atoms with Gasteiger partial charge >= 0.3 is 0 Å². The van der Waals surface area contributed by atoms with Gasteiger partial charge in [-0.3, -0.25) is 0 Å². The first-order chi connectivity index (χ1) is 9.06. The number of fused-ring (bicyclic) bond motifs is 1. The quantitative estimate of drug-likeness (QED) is 0.695. The molecule has 0 saturated carbocycles. The summed E-state index contributed by atoms with van der Waals surface area (Å²) in [7, 11) is 0. The van der Waals surface area contributed by atoms with Crippen LogP contribution in [0.3, 0.4) is 0 Å². The summed E-state index contributed by atoms with van der Waals surface area (Å²) in [5, 5.41) is 16.1. The van der Waals surface area contributed by atoms with E-state index in [2.05, 4.69) is 10.1 Å². The number of halogens is 2. The highest BCUT2D eigenvalue weighted by Crippen LogP contribution is 2.29. The summed E-state index contributed by atoms with van der Waals surface area (Å²) in [5.74, 6) is 0.0988. The number of nitrogens with zero attached hydrogens (tertiary/aromatic N) is 3. The van der Waals surface area contributed by atoms with Crippen LogP contribution in [-0.4, -0.2) is 19.9 Å². The average Bonchev–Trinajstić information content (AvgIpc) is 2.69. The predicted molar refractivity (Wildman–Crippen MR) is 75.3 cm³/mol. The van der Waals surface area contributed by atoms with Crippen molar-refractivity contribution in [2.45, 2.75) is 6.92 Å². The molecule has 0 amide bonds. The van der Waals surface area contributed by atoms with Gasteiger partial charge in [0.1, 0.15) is 16.6 Å². The molecule has 2 aromatic heterocycles. The Kier molecular flexibility index (Phi) is 2.84. The molecule has 4 nitrogen and oxygen atoms in total. The molecule has 0 spiro atoms. The lowest BCUT2D eigenvalue weighted by Crippen LogP contribution is -1.97. The lowest BCUT2D eigenvalue weighted by Gasteiger charge is -2.06. The number of benzene rings is 1. The molecule has 0 aliphatic heterocycles. The molecule has 1 aromatic carbocycles. The molecule has 0 radical (unpaired) electrons. The third-order valence-electron chi connectivity index (χ3n) is 2.88. The summed E-state index contributed by atoms with van der Waals surface area (Å²) >= 11 is 11.9. The second-order valence-corrected chi connectivity index (χ2v) is 4.98. The van der Waals surface area contributed by atoms with Gasteiger partial charge in [0.25, 0.3) is 0 Å². The van der Waals surface area contributed by atoms with Crippen molar-refractivity contribution in [2.75, 3.05) is 0 Å². The number of rotatable bonds is 1. The second-order valence-electron chi connectivity index (χ2n) is 4.15. The topological polar surface area (TPSA) is 50.9 Å². The Bertz CT molecular complexity index is 783. The van der Waals surface area contributed by atoms with Gasteiger partial charge in [0.2, 0.25) is 0 Å². The molecule has 0 aliphatic rings. The minimum Gasteiger partial charge on any atom is -0.506 e. The Morgan fingerprint density at radius 1 is 1.21 bits per heavy atom. The van der Waals surface area contributed by atoms with Gasteiger partial charge in [0, 0.05) is 22.7 Å². The second kappa shape index (κ2) is 4.40. The molecular weight excluding hydrogens is 285 g/mol. The average molecular weight is 294 g/mol. The number of pyridine rings is 1. The van der Waals surface area contributed by atoms with Crippen LogP contribution in [0, 0.1) is 6.92 Å². The molecule has 96 valence electrons. The normalized spacial score (nSPS) is 11.1. The van der Waals surface area contributed by atoms with Gasteiger partial charge in [-0.05, 0) is 25.1 Å². The fourth-order valence-electron chi connectivity index (χ4n) is 1.98. The van der Waals surface area contributed by atoms with Gasteiger partial charge in [0.05, 0.1) is 11.2 Å². The van der Waals surface area contributed by atoms with Crippen LogP contribution in [-0.2, 0) is 0 Å². The first-order valence-electron chi connectivity index (χ1n) is 5.56. The highest BCUT2D eigenvalue weighted by Gasteiger charge is 2.13. The van der Waals surface area contributed by atoms with Crippen LogP contribution >= 0.6 is 23.2 Å². The minimum atomic E-state index is 0.0988. The molecule has 0 saturated heterocycles. The molecule has 3 rings (SSSR count). The fourth-order valence-corrected chi connectivity index (χ4v) is 2.30. The zero-order valence-electron chi connectivity index (χ0n) is 9.93. The van der Waals surface area contributed by atoms with Crippen molar-refractivity contribution < 1.29 is 5.11 Å². The SMILES string of the molecule is Cc1nn(-c2cc(Cl)ccc2O)c2cc(Cl)ncc12. The molecule has 3 aromatic rings. The Hall–Kier alpha value is -1.78. The van der Waals surface area contributed by atoms with E-state index in [0.29, 0.717) is 15.9 Å². The molecule has 0 unspecified atom stereocenters. The Balaban J connectivity index is 2.36. The van der Waals surface area contributed by atoms with Crippen LogP contribution in [0.5, 0.6) is 5.75 Å². The van der Waals surface area contributed by atoms with Gasteiger partial charge in [-0.25, -0.2) is 9.67 Å². The summed E-state index contributed by atoms with van der Waals surface area (Å²) in [5.41, 5.74) is 2.08. The predicted octanol–water partition coefficient (Wildman–Crippen LogP) is 3.74. The maximum absolute atomic E-state index is 9.96. The molecule has 0 aliphatic carbocycles. The Morgan fingerprint density at radius 3 is 2.79 bits per heavy atom. The zero-order valence-corrected chi connectivity index (χ0v) is 11.4. The summed E-state index contributed by atoms with van der Waals surface area (Å²) in [6, 6.07) is 6.51. The van der Waals surface area contributed by atoms with E-state index in [-0.39, 0.29) is 5.75 Å². The fraction of sp³-hybridized carbons (Fsp3) is 0.0769. The van der Waals surface area contributed by atoms with E-state index in [1.807, 2.05) is 6.92 Å². The van der Waals surface area contributed by atoms with Gasteiger partial charge in [-0.2, -0.15) is 5.10 Å². The van der Waals surface area contributed by atoms with E-state index in [1.54, 1.807) is 29.1 Å². The van der Waals surface area contributed by atoms with Crippen molar-refractivity contribution in [3.8, 4) is 11.4 Å². The van der Waals surface area contributed by atoms with Gasteiger partial charge in [-0.1, -0.05) is 23.2 Å². The molecular formula is C13H9Cl2N3O. The number of aromatic nitrogens is 3. The van der Waals surface area contributed by atoms with Crippen molar-refractivity contribution in [3.05, 3.63) is 46.3 Å². The smallest absolute Gasteiger partial charge is 0.141 e. The van der Waals surface area contributed by atoms with Crippen molar-refractivity contribution >= 4 is 34.1 Å². The number of aromatic hydroxyl groups is 1. The Labute approximate surface area is 119 Å². The zero-order chi connectivity index (χ0) is 13.6. The lowest BCUT2D eigenvalue weighted by atomic mass is 10.2. The van der Waals surface area contributed by atoms with Gasteiger partial charge < -0.3 is 5.11 Å². The number of hydrogen-bond donors (Lipinski definition) is 1. The minimum absolute atomic E-state index is 0.0988. The lowest BCUT2D eigenvalue weighted by molar-refractivity contribution is 0.471. The van der Waals surface area contributed by atoms with E-state index in [4.69, 9.17) is 23.2 Å². The van der Waals surface area contributed by atoms with Crippen molar-refractivity contribution in [3.63, 3.8) is 0 Å². The summed E-state index contributed by atoms with van der Waals surface area (Å²) in [6.07, 6.45) is 1.66. The highest BCUT2D eigenvalue weighted by atomic mass is 35.5. The maximum atomic E-state index is 9.96. The van der Waals surface area contributed by atoms with Crippen LogP contribution in [0.15, 0.2) is 30.5 Å². The van der Waals surface area contributed by atoms with Crippen molar-refractivity contribution in [1.82, 2.24) is 14.8 Å². The molecule has 0 bridgehead atoms. The van der Waals surface area contributed by atoms with E-state index < -0.39 is 0 Å². The van der Waals surface area contributed by atoms with Crippen LogP contribution in [0.1, 0.15) is 5.69 Å². The van der Waals surface area contributed by atoms with E-state index >= 15 is 0 Å². The van der Waals surface area contributed by atoms with Crippen LogP contribution in [0.25, 0.3) is 16.6 Å². The van der Waals surface area contributed by atoms with Crippen LogP contribution < -0.4 is 0 Å². The number of aryl methyl sites for hydroxylation is 1. The van der Waals surface area contributed by atoms with E-state index in [1.165, 1.54) is 6.07 Å². The van der Waals surface area contributed by atoms with Gasteiger partial charge in [0.15, 0.2) is 0 Å². The number of hydrogen-bond acceptors (Lipinski definition) is 3. The largest absolute Gasteiger partial charge is 0.506 e. The number of phenolic OH excluding ortho intramolecular Hbond substituents is 1. The third-order valence-corrected chi connectivity index (χ3v) is 3.32. The van der Waals surface area contributed by atoms with Crippen LogP contribution in [0.4, 0.5) is 0 Å². The molecule has 0 atom stereocenters. The molecule has 19 heavy (non-hydrogen) atoms. The standard InChI is InChI=1S/C13H9Cl2N3O/c1-7-9-6-16-13(15)5-10(9)18(17-7)11-4-8(14)2-3-12(11)19/h2-6,19H,1H3. The van der Waals surface area contributed by atoms with E-state index in [9.17, 15) is 5.11 Å². The molecule has 2 heterocycles. The molecule has 6 heteroatoms. The molecule has 1 N–H and O–H groups in total. The molecule has 0 fully saturated rings. The summed E-state index contributed by atoms with van der Waals surface area (Å²) in [6.45, 7) is 1.87. The summed E-state index contributed by atoms with van der Waals surface area (Å²) in [4.78, 5) is 4.04. The maximum Gasteiger partial charge on any atom is 0.141 e. The number of phenols is 1. The third kappa shape index (κ3) is 2.03.